The maximum Gasteiger partial charge on any atom is 0.410 e. The number of benzene rings is 3. The Morgan fingerprint density at radius 1 is 0.971 bits per heavy atom. The summed E-state index contributed by atoms with van der Waals surface area (Å²) in [6.45, 7) is 0.668. The van der Waals surface area contributed by atoms with Gasteiger partial charge >= 0.3 is 6.09 Å². The van der Waals surface area contributed by atoms with Gasteiger partial charge in [-0.3, -0.25) is 9.69 Å². The van der Waals surface area contributed by atoms with Crippen molar-refractivity contribution in [3.05, 3.63) is 78.4 Å². The zero-order valence-electron chi connectivity index (χ0n) is 19.3. The van der Waals surface area contributed by atoms with E-state index in [0.29, 0.717) is 30.2 Å². The normalized spacial score (nSPS) is 15.0. The second-order valence-electron chi connectivity index (χ2n) is 8.00. The Morgan fingerprint density at radius 3 is 2.53 bits per heavy atom. The number of nitrogens with zero attached hydrogens (tertiary/aromatic N) is 1. The number of likely N-dealkylation sites (tertiary alicyclic amines) is 1. The fraction of sp³-hybridized carbons (Fsp3) is 0.259. The van der Waals surface area contributed by atoms with Crippen LogP contribution in [0.15, 0.2) is 72.8 Å². The van der Waals surface area contributed by atoms with Gasteiger partial charge in [0.15, 0.2) is 11.5 Å². The number of nitrogens with one attached hydrogen (secondary N) is 1. The molecule has 0 bridgehead atoms. The maximum absolute atomic E-state index is 13.1. The van der Waals surface area contributed by atoms with Crippen molar-refractivity contribution in [3.8, 4) is 22.6 Å². The van der Waals surface area contributed by atoms with Gasteiger partial charge in [0, 0.05) is 17.8 Å². The van der Waals surface area contributed by atoms with E-state index in [1.807, 2.05) is 72.8 Å². The van der Waals surface area contributed by atoms with E-state index in [2.05, 4.69) is 5.32 Å². The van der Waals surface area contributed by atoms with E-state index in [0.717, 1.165) is 23.1 Å². The predicted octanol–water partition coefficient (Wildman–Crippen LogP) is 5.11. The van der Waals surface area contributed by atoms with Gasteiger partial charge in [-0.2, -0.15) is 0 Å². The van der Waals surface area contributed by atoms with Gasteiger partial charge < -0.3 is 19.5 Å². The van der Waals surface area contributed by atoms with Gasteiger partial charge in [0.2, 0.25) is 5.91 Å². The summed E-state index contributed by atoms with van der Waals surface area (Å²) < 4.78 is 16.4. The highest BCUT2D eigenvalue weighted by molar-refractivity contribution is 5.97. The standard InChI is InChI=1S/C27H28N2O5/c1-32-24-15-7-13-22(25(24)33-2)20-11-6-12-21(17-20)28-26(30)23-14-8-16-29(23)27(31)34-18-19-9-4-3-5-10-19/h3-7,9-13,15,17,23H,8,14,16,18H2,1-2H3,(H,28,30). The molecule has 1 fully saturated rings. The number of ether oxygens (including phenoxy) is 3. The first-order chi connectivity index (χ1) is 16.6. The highest BCUT2D eigenvalue weighted by Gasteiger charge is 2.35. The molecule has 2 amide bonds. The van der Waals surface area contributed by atoms with E-state index in [1.165, 1.54) is 4.90 Å². The van der Waals surface area contributed by atoms with Gasteiger partial charge in [-0.25, -0.2) is 4.79 Å². The molecule has 1 atom stereocenters. The Balaban J connectivity index is 1.45. The van der Waals surface area contributed by atoms with Crippen molar-refractivity contribution >= 4 is 17.7 Å². The largest absolute Gasteiger partial charge is 0.493 e. The summed E-state index contributed by atoms with van der Waals surface area (Å²) in [5, 5.41) is 2.96. The van der Waals surface area contributed by atoms with Crippen molar-refractivity contribution in [2.24, 2.45) is 0 Å². The average Bonchev–Trinajstić information content (AvgIpc) is 3.38. The number of carbonyl (C=O) groups excluding carboxylic acids is 2. The number of carbonyl (C=O) groups is 2. The summed E-state index contributed by atoms with van der Waals surface area (Å²) >= 11 is 0. The summed E-state index contributed by atoms with van der Waals surface area (Å²) in [6.07, 6.45) is 0.867. The zero-order valence-corrected chi connectivity index (χ0v) is 19.3. The van der Waals surface area contributed by atoms with Gasteiger partial charge in [0.25, 0.3) is 0 Å². The van der Waals surface area contributed by atoms with E-state index in [1.54, 1.807) is 14.2 Å². The molecule has 3 aromatic rings. The van der Waals surface area contributed by atoms with Crippen LogP contribution in [0.2, 0.25) is 0 Å². The Hall–Kier alpha value is -4.00. The molecule has 1 aliphatic rings. The maximum atomic E-state index is 13.1. The van der Waals surface area contributed by atoms with Gasteiger partial charge in [0.1, 0.15) is 12.6 Å². The molecular formula is C27H28N2O5. The first kappa shape index (κ1) is 23.2. The SMILES string of the molecule is COc1cccc(-c2cccc(NC(=O)C3CCCN3C(=O)OCc3ccccc3)c2)c1OC. The molecule has 1 unspecified atom stereocenters. The second kappa shape index (κ2) is 10.7. The van der Waals surface area contributed by atoms with Crippen LogP contribution in [0.25, 0.3) is 11.1 Å². The molecule has 0 aromatic heterocycles. The third-order valence-corrected chi connectivity index (χ3v) is 5.84. The summed E-state index contributed by atoms with van der Waals surface area (Å²) in [7, 11) is 3.19. The number of amides is 2. The molecule has 176 valence electrons. The van der Waals surface area contributed by atoms with Gasteiger partial charge in [-0.1, -0.05) is 54.6 Å². The Morgan fingerprint density at radius 2 is 1.76 bits per heavy atom. The van der Waals surface area contributed by atoms with Crippen LogP contribution < -0.4 is 14.8 Å². The topological polar surface area (TPSA) is 77.1 Å². The number of anilines is 1. The van der Waals surface area contributed by atoms with Crippen LogP contribution in [0.3, 0.4) is 0 Å². The predicted molar refractivity (Wildman–Crippen MR) is 130 cm³/mol. The third kappa shape index (κ3) is 5.14. The highest BCUT2D eigenvalue weighted by Crippen LogP contribution is 2.38. The van der Waals surface area contributed by atoms with Crippen molar-refractivity contribution in [1.82, 2.24) is 4.90 Å². The molecule has 7 nitrogen and oxygen atoms in total. The molecular weight excluding hydrogens is 432 g/mol. The van der Waals surface area contributed by atoms with Crippen LogP contribution in [0.1, 0.15) is 18.4 Å². The van der Waals surface area contributed by atoms with E-state index >= 15 is 0 Å². The molecule has 0 spiro atoms. The molecule has 7 heteroatoms. The molecule has 34 heavy (non-hydrogen) atoms. The minimum atomic E-state index is -0.571. The number of methoxy groups -OCH3 is 2. The van der Waals surface area contributed by atoms with E-state index in [4.69, 9.17) is 14.2 Å². The lowest BCUT2D eigenvalue weighted by atomic mass is 10.0. The molecule has 4 rings (SSSR count). The van der Waals surface area contributed by atoms with Crippen molar-refractivity contribution in [1.29, 1.82) is 0 Å². The summed E-state index contributed by atoms with van der Waals surface area (Å²) in [4.78, 5) is 27.2. The highest BCUT2D eigenvalue weighted by atomic mass is 16.6. The number of hydrogen-bond acceptors (Lipinski definition) is 5. The van der Waals surface area contributed by atoms with Crippen LogP contribution >= 0.6 is 0 Å². The number of para-hydroxylation sites is 1. The molecule has 1 saturated heterocycles. The summed E-state index contributed by atoms with van der Waals surface area (Å²) in [5.74, 6) is 1.02. The number of hydrogen-bond donors (Lipinski definition) is 1. The second-order valence-corrected chi connectivity index (χ2v) is 8.00. The van der Waals surface area contributed by atoms with Crippen molar-refractivity contribution in [3.63, 3.8) is 0 Å². The Labute approximate surface area is 199 Å². The van der Waals surface area contributed by atoms with Gasteiger partial charge in [0.05, 0.1) is 14.2 Å². The summed E-state index contributed by atoms with van der Waals surface area (Å²) in [6, 6.07) is 22.1. The third-order valence-electron chi connectivity index (χ3n) is 5.84. The van der Waals surface area contributed by atoms with Crippen LogP contribution in [-0.4, -0.2) is 43.7 Å². The van der Waals surface area contributed by atoms with Crippen LogP contribution in [0.4, 0.5) is 10.5 Å². The van der Waals surface area contributed by atoms with Gasteiger partial charge in [-0.05, 0) is 42.2 Å². The van der Waals surface area contributed by atoms with Crippen LogP contribution in [-0.2, 0) is 16.1 Å². The van der Waals surface area contributed by atoms with Gasteiger partial charge in [-0.15, -0.1) is 0 Å². The molecule has 0 aliphatic carbocycles. The fourth-order valence-corrected chi connectivity index (χ4v) is 4.16. The quantitative estimate of drug-likeness (QED) is 0.530. The van der Waals surface area contributed by atoms with E-state index in [-0.39, 0.29) is 12.5 Å². The fourth-order valence-electron chi connectivity index (χ4n) is 4.16. The molecule has 3 aromatic carbocycles. The zero-order chi connectivity index (χ0) is 23.9. The smallest absolute Gasteiger partial charge is 0.410 e. The first-order valence-electron chi connectivity index (χ1n) is 11.2. The number of rotatable bonds is 7. The van der Waals surface area contributed by atoms with Crippen molar-refractivity contribution < 1.29 is 23.8 Å². The van der Waals surface area contributed by atoms with E-state index in [9.17, 15) is 9.59 Å². The first-order valence-corrected chi connectivity index (χ1v) is 11.2. The lowest BCUT2D eigenvalue weighted by Crippen LogP contribution is -2.43. The molecule has 0 saturated carbocycles. The minimum absolute atomic E-state index is 0.176. The van der Waals surface area contributed by atoms with Crippen molar-refractivity contribution in [2.75, 3.05) is 26.1 Å². The lowest BCUT2D eigenvalue weighted by Gasteiger charge is -2.23. The molecule has 1 aliphatic heterocycles. The Bertz CT molecular complexity index is 1150. The molecule has 0 radical (unpaired) electrons. The summed E-state index contributed by atoms with van der Waals surface area (Å²) in [5.41, 5.74) is 3.27. The molecule has 1 N–H and O–H groups in total. The monoisotopic (exact) mass is 460 g/mol. The minimum Gasteiger partial charge on any atom is -0.493 e. The average molecular weight is 461 g/mol. The van der Waals surface area contributed by atoms with Crippen LogP contribution in [0, 0.1) is 0 Å². The lowest BCUT2D eigenvalue weighted by molar-refractivity contribution is -0.120. The Kier molecular flexibility index (Phi) is 7.32. The van der Waals surface area contributed by atoms with Crippen molar-refractivity contribution in [2.45, 2.75) is 25.5 Å². The molecule has 1 heterocycles. The van der Waals surface area contributed by atoms with E-state index < -0.39 is 12.1 Å². The van der Waals surface area contributed by atoms with Crippen LogP contribution in [0.5, 0.6) is 11.5 Å².